The van der Waals surface area contributed by atoms with Crippen LogP contribution in [-0.2, 0) is 7.05 Å². The summed E-state index contributed by atoms with van der Waals surface area (Å²) in [4.78, 5) is 0. The van der Waals surface area contributed by atoms with Gasteiger partial charge in [-0.15, -0.1) is 0 Å². The Hall–Kier alpha value is -3.45. The Morgan fingerprint density at radius 2 is 1.11 bits per heavy atom. The maximum absolute atomic E-state index is 3.91. The highest BCUT2D eigenvalue weighted by Crippen LogP contribution is 2.43. The third-order valence-corrected chi connectivity index (χ3v) is 10.2. The van der Waals surface area contributed by atoms with E-state index in [-0.39, 0.29) is 5.92 Å². The average Bonchev–Trinajstić information content (AvgIpc) is 3.28. The number of fused-ring (bicyclic) bond motifs is 1. The normalized spacial score (nSPS) is 12.2. The predicted molar refractivity (Wildman–Crippen MR) is 163 cm³/mol. The van der Waals surface area contributed by atoms with Crippen molar-refractivity contribution >= 4 is 50.7 Å². The Balaban J connectivity index is 1.65. The molecule has 6 rings (SSSR count). The first kappa shape index (κ1) is 23.9. The second-order valence-electron chi connectivity index (χ2n) is 9.23. The van der Waals surface area contributed by atoms with Crippen molar-refractivity contribution in [1.29, 1.82) is 0 Å². The molecule has 0 radical (unpaired) electrons. The number of rotatable bonds is 6. The quantitative estimate of drug-likeness (QED) is 0.183. The van der Waals surface area contributed by atoms with Gasteiger partial charge in [0, 0.05) is 34.5 Å². The number of aryl methyl sites for hydroxylation is 1. The first-order chi connectivity index (χ1) is 18.2. The van der Waals surface area contributed by atoms with Crippen LogP contribution in [0.1, 0.15) is 22.6 Å². The molecule has 6 aromatic rings. The van der Waals surface area contributed by atoms with Crippen LogP contribution in [0.5, 0.6) is 0 Å². The van der Waals surface area contributed by atoms with Crippen molar-refractivity contribution in [3.8, 4) is 0 Å². The predicted octanol–water partition coefficient (Wildman–Crippen LogP) is 7.88. The number of nitrogens with zero attached hydrogens (tertiary/aromatic N) is 1. The molecule has 5 aromatic carbocycles. The maximum Gasteiger partial charge on any atom is 0.0480 e. The average molecular weight is 560 g/mol. The zero-order valence-electron chi connectivity index (χ0n) is 20.6. The van der Waals surface area contributed by atoms with Crippen molar-refractivity contribution in [3.63, 3.8) is 0 Å². The lowest BCUT2D eigenvalue weighted by molar-refractivity contribution is 0.928. The molecule has 0 aliphatic carbocycles. The SMILES string of the molecule is Cn1cc(C(c2ccccc2Br)c2ccccc2P(c2ccccc2)c2ccccc2)c2ccccc21. The van der Waals surface area contributed by atoms with E-state index in [0.717, 1.165) is 4.47 Å². The van der Waals surface area contributed by atoms with Gasteiger partial charge in [0.15, 0.2) is 0 Å². The highest BCUT2D eigenvalue weighted by Gasteiger charge is 2.28. The molecule has 180 valence electrons. The number of halogens is 1. The number of hydrogen-bond acceptors (Lipinski definition) is 0. The number of hydrogen-bond donors (Lipinski definition) is 0. The monoisotopic (exact) mass is 559 g/mol. The van der Waals surface area contributed by atoms with Gasteiger partial charge in [0.2, 0.25) is 0 Å². The fourth-order valence-electron chi connectivity index (χ4n) is 5.33. The van der Waals surface area contributed by atoms with Gasteiger partial charge in [-0.1, -0.05) is 137 Å². The van der Waals surface area contributed by atoms with Gasteiger partial charge >= 0.3 is 0 Å². The Morgan fingerprint density at radius 1 is 0.568 bits per heavy atom. The minimum Gasteiger partial charge on any atom is -0.350 e. The molecule has 0 aliphatic heterocycles. The molecule has 1 atom stereocenters. The molecule has 0 spiro atoms. The van der Waals surface area contributed by atoms with Gasteiger partial charge in [-0.05, 0) is 52.7 Å². The Labute approximate surface area is 228 Å². The Bertz CT molecular complexity index is 1620. The zero-order valence-corrected chi connectivity index (χ0v) is 23.1. The van der Waals surface area contributed by atoms with Gasteiger partial charge < -0.3 is 4.57 Å². The molecule has 0 fully saturated rings. The van der Waals surface area contributed by atoms with Crippen LogP contribution in [0.3, 0.4) is 0 Å². The summed E-state index contributed by atoms with van der Waals surface area (Å²) in [6, 6.07) is 48.4. The molecule has 1 nitrogen and oxygen atoms in total. The van der Waals surface area contributed by atoms with Crippen LogP contribution in [0.15, 0.2) is 144 Å². The first-order valence-corrected chi connectivity index (χ1v) is 14.6. The summed E-state index contributed by atoms with van der Waals surface area (Å²) >= 11 is 3.91. The summed E-state index contributed by atoms with van der Waals surface area (Å²) in [5.41, 5.74) is 5.21. The lowest BCUT2D eigenvalue weighted by atomic mass is 9.85. The standard InChI is InChI=1S/C34H27BrNP/c1-36-24-30(27-18-9-12-22-32(27)36)34(28-19-8-11-21-31(28)35)29-20-10-13-23-33(29)37(25-14-4-2-5-15-25)26-16-6-3-7-17-26/h2-24,34H,1H3. The maximum atomic E-state index is 3.91. The largest absolute Gasteiger partial charge is 0.350 e. The third-order valence-electron chi connectivity index (χ3n) is 6.97. The van der Waals surface area contributed by atoms with E-state index in [0.29, 0.717) is 0 Å². The molecule has 1 aromatic heterocycles. The first-order valence-electron chi connectivity index (χ1n) is 12.5. The Kier molecular flexibility index (Phi) is 6.79. The highest BCUT2D eigenvalue weighted by atomic mass is 79.9. The summed E-state index contributed by atoms with van der Waals surface area (Å²) in [5, 5.41) is 5.41. The van der Waals surface area contributed by atoms with Crippen LogP contribution in [0.2, 0.25) is 0 Å². The molecule has 1 heterocycles. The molecule has 0 amide bonds. The van der Waals surface area contributed by atoms with E-state index in [1.165, 1.54) is 43.5 Å². The summed E-state index contributed by atoms with van der Waals surface area (Å²) in [5.74, 6) is 0.0790. The lowest BCUT2D eigenvalue weighted by Crippen LogP contribution is -2.25. The molecule has 0 saturated carbocycles. The van der Waals surface area contributed by atoms with Crippen molar-refractivity contribution < 1.29 is 0 Å². The second kappa shape index (κ2) is 10.5. The van der Waals surface area contributed by atoms with Gasteiger partial charge in [-0.2, -0.15) is 0 Å². The van der Waals surface area contributed by atoms with E-state index in [4.69, 9.17) is 0 Å². The summed E-state index contributed by atoms with van der Waals surface area (Å²) < 4.78 is 3.39. The van der Waals surface area contributed by atoms with Gasteiger partial charge in [0.25, 0.3) is 0 Å². The van der Waals surface area contributed by atoms with E-state index < -0.39 is 7.92 Å². The molecule has 3 heteroatoms. The second-order valence-corrected chi connectivity index (χ2v) is 12.3. The van der Waals surface area contributed by atoms with Crippen LogP contribution in [0.4, 0.5) is 0 Å². The van der Waals surface area contributed by atoms with Crippen molar-refractivity contribution in [2.45, 2.75) is 5.92 Å². The van der Waals surface area contributed by atoms with E-state index in [9.17, 15) is 0 Å². The van der Waals surface area contributed by atoms with Crippen LogP contribution >= 0.6 is 23.9 Å². The summed E-state index contributed by atoms with van der Waals surface area (Å²) in [6.07, 6.45) is 2.32. The number of aromatic nitrogens is 1. The van der Waals surface area contributed by atoms with Gasteiger partial charge in [-0.3, -0.25) is 0 Å². The van der Waals surface area contributed by atoms with Crippen molar-refractivity contribution in [1.82, 2.24) is 4.57 Å². The van der Waals surface area contributed by atoms with Crippen molar-refractivity contribution in [3.05, 3.63) is 161 Å². The highest BCUT2D eigenvalue weighted by molar-refractivity contribution is 9.10. The van der Waals surface area contributed by atoms with Crippen LogP contribution in [0, 0.1) is 0 Å². The zero-order chi connectivity index (χ0) is 25.2. The van der Waals surface area contributed by atoms with Gasteiger partial charge in [0.05, 0.1) is 0 Å². The molecule has 0 aliphatic rings. The Morgan fingerprint density at radius 3 is 1.78 bits per heavy atom. The molecule has 0 bridgehead atoms. The molecular formula is C34H27BrNP. The van der Waals surface area contributed by atoms with Crippen LogP contribution < -0.4 is 15.9 Å². The third kappa shape index (κ3) is 4.57. The fraction of sp³-hybridized carbons (Fsp3) is 0.0588. The molecular weight excluding hydrogens is 533 g/mol. The molecule has 0 N–H and O–H groups in total. The van der Waals surface area contributed by atoms with E-state index in [1.807, 2.05) is 0 Å². The van der Waals surface area contributed by atoms with Crippen LogP contribution in [0.25, 0.3) is 10.9 Å². The van der Waals surface area contributed by atoms with Crippen molar-refractivity contribution in [2.24, 2.45) is 7.05 Å². The van der Waals surface area contributed by atoms with Crippen LogP contribution in [-0.4, -0.2) is 4.57 Å². The van der Waals surface area contributed by atoms with Gasteiger partial charge in [-0.25, -0.2) is 0 Å². The summed E-state index contributed by atoms with van der Waals surface area (Å²) in [7, 11) is 1.40. The smallest absolute Gasteiger partial charge is 0.0480 e. The fourth-order valence-corrected chi connectivity index (χ4v) is 8.34. The minimum absolute atomic E-state index is 0.0790. The van der Waals surface area contributed by atoms with Gasteiger partial charge in [0.1, 0.15) is 0 Å². The minimum atomic E-state index is -0.748. The van der Waals surface area contributed by atoms with Crippen molar-refractivity contribution in [2.75, 3.05) is 0 Å². The number of para-hydroxylation sites is 1. The molecule has 1 unspecified atom stereocenters. The number of benzene rings is 5. The molecule has 37 heavy (non-hydrogen) atoms. The van der Waals surface area contributed by atoms with E-state index >= 15 is 0 Å². The molecule has 0 saturated heterocycles. The van der Waals surface area contributed by atoms with E-state index in [2.05, 4.69) is 167 Å². The topological polar surface area (TPSA) is 4.93 Å². The summed E-state index contributed by atoms with van der Waals surface area (Å²) in [6.45, 7) is 0. The van der Waals surface area contributed by atoms with E-state index in [1.54, 1.807) is 0 Å². The lowest BCUT2D eigenvalue weighted by Gasteiger charge is -2.27.